The molecule has 0 spiro atoms. The molecule has 2 heterocycles. The first-order chi connectivity index (χ1) is 14.8. The van der Waals surface area contributed by atoms with Crippen LogP contribution in [0, 0.1) is 5.82 Å². The normalized spacial score (nSPS) is 19.3. The molecule has 0 bridgehead atoms. The van der Waals surface area contributed by atoms with E-state index in [0.29, 0.717) is 43.2 Å². The zero-order valence-corrected chi connectivity index (χ0v) is 18.1. The van der Waals surface area contributed by atoms with Gasteiger partial charge in [0.2, 0.25) is 5.43 Å². The number of likely N-dealkylation sites (N-methyl/N-ethyl adjacent to an activating group) is 1. The van der Waals surface area contributed by atoms with Crippen LogP contribution in [0.1, 0.15) is 36.2 Å². The minimum absolute atomic E-state index is 0.0367. The standard InChI is InChI=1S/C22H28FN3O5/c1-4-30-21-18-15(20(27)16(22(28)29)12-26(18)13-5-6-13)9-17(23)19(21)25-7-8-31-14(11-25)10-24(2)3/h9,12-14H,4-8,10-11H2,1-3H3,(H,28,29). The third-order valence-electron chi connectivity index (χ3n) is 5.68. The lowest BCUT2D eigenvalue weighted by atomic mass is 10.1. The van der Waals surface area contributed by atoms with Crippen molar-refractivity contribution in [2.24, 2.45) is 0 Å². The van der Waals surface area contributed by atoms with E-state index in [2.05, 4.69) is 0 Å². The number of halogens is 1. The van der Waals surface area contributed by atoms with Crippen LogP contribution in [-0.2, 0) is 4.74 Å². The van der Waals surface area contributed by atoms with Gasteiger partial charge in [0.25, 0.3) is 0 Å². The SMILES string of the molecule is CCOc1c(N2CCOC(CN(C)C)C2)c(F)cc2c(=O)c(C(=O)O)cn(C3CC3)c12. The molecule has 1 atom stereocenters. The van der Waals surface area contributed by atoms with Crippen LogP contribution < -0.4 is 15.1 Å². The molecule has 1 N–H and O–H groups in total. The molecule has 0 radical (unpaired) electrons. The number of fused-ring (bicyclic) bond motifs is 1. The summed E-state index contributed by atoms with van der Waals surface area (Å²) in [4.78, 5) is 28.4. The van der Waals surface area contributed by atoms with Gasteiger partial charge in [-0.3, -0.25) is 4.79 Å². The number of morpholine rings is 1. The van der Waals surface area contributed by atoms with Crippen molar-refractivity contribution >= 4 is 22.6 Å². The molecule has 1 saturated carbocycles. The van der Waals surface area contributed by atoms with Crippen molar-refractivity contribution in [3.8, 4) is 5.75 Å². The first-order valence-electron chi connectivity index (χ1n) is 10.6. The third kappa shape index (κ3) is 4.12. The second-order valence-electron chi connectivity index (χ2n) is 8.38. The molecule has 2 aromatic rings. The smallest absolute Gasteiger partial charge is 0.341 e. The number of hydrogen-bond acceptors (Lipinski definition) is 6. The number of nitrogens with zero attached hydrogens (tertiary/aromatic N) is 3. The van der Waals surface area contributed by atoms with Gasteiger partial charge in [-0.25, -0.2) is 9.18 Å². The predicted molar refractivity (Wildman–Crippen MR) is 115 cm³/mol. The predicted octanol–water partition coefficient (Wildman–Crippen LogP) is 2.34. The topological polar surface area (TPSA) is 84.2 Å². The number of aromatic carboxylic acids is 1. The number of benzene rings is 1. The molecule has 2 fully saturated rings. The van der Waals surface area contributed by atoms with Gasteiger partial charge in [0.05, 0.1) is 30.2 Å². The van der Waals surface area contributed by atoms with Crippen molar-refractivity contribution in [2.45, 2.75) is 31.9 Å². The fourth-order valence-electron chi connectivity index (χ4n) is 4.25. The van der Waals surface area contributed by atoms with E-state index in [1.54, 1.807) is 11.5 Å². The fourth-order valence-corrected chi connectivity index (χ4v) is 4.25. The maximum atomic E-state index is 15.5. The quantitative estimate of drug-likeness (QED) is 0.718. The molecular formula is C22H28FN3O5. The molecule has 1 aliphatic heterocycles. The Morgan fingerprint density at radius 2 is 2.13 bits per heavy atom. The molecule has 1 aliphatic carbocycles. The summed E-state index contributed by atoms with van der Waals surface area (Å²) >= 11 is 0. The van der Waals surface area contributed by atoms with Crippen LogP contribution in [0.4, 0.5) is 10.1 Å². The van der Waals surface area contributed by atoms with Crippen LogP contribution in [0.2, 0.25) is 0 Å². The molecule has 31 heavy (non-hydrogen) atoms. The molecule has 4 rings (SSSR count). The van der Waals surface area contributed by atoms with Crippen molar-refractivity contribution in [1.29, 1.82) is 0 Å². The van der Waals surface area contributed by atoms with Crippen LogP contribution >= 0.6 is 0 Å². The Balaban J connectivity index is 1.92. The van der Waals surface area contributed by atoms with Crippen molar-refractivity contribution in [3.05, 3.63) is 33.9 Å². The number of carboxylic acids is 1. The molecule has 168 valence electrons. The third-order valence-corrected chi connectivity index (χ3v) is 5.68. The largest absolute Gasteiger partial charge is 0.489 e. The number of anilines is 1. The number of ether oxygens (including phenoxy) is 2. The van der Waals surface area contributed by atoms with Crippen LogP contribution in [0.15, 0.2) is 17.1 Å². The average Bonchev–Trinajstić information content (AvgIpc) is 3.53. The van der Waals surface area contributed by atoms with Gasteiger partial charge in [0.15, 0.2) is 11.6 Å². The summed E-state index contributed by atoms with van der Waals surface area (Å²) in [6.45, 7) is 4.23. The van der Waals surface area contributed by atoms with Crippen LogP contribution in [0.3, 0.4) is 0 Å². The molecular weight excluding hydrogens is 405 g/mol. The van der Waals surface area contributed by atoms with Gasteiger partial charge >= 0.3 is 5.97 Å². The van der Waals surface area contributed by atoms with Crippen molar-refractivity contribution in [1.82, 2.24) is 9.47 Å². The first-order valence-corrected chi connectivity index (χ1v) is 10.6. The van der Waals surface area contributed by atoms with E-state index in [-0.39, 0.29) is 29.7 Å². The van der Waals surface area contributed by atoms with Gasteiger partial charge in [-0.05, 0) is 39.9 Å². The molecule has 1 unspecified atom stereocenters. The summed E-state index contributed by atoms with van der Waals surface area (Å²) in [7, 11) is 3.91. The second kappa shape index (κ2) is 8.47. The molecule has 1 aromatic heterocycles. The summed E-state index contributed by atoms with van der Waals surface area (Å²) in [6.07, 6.45) is 3.03. The summed E-state index contributed by atoms with van der Waals surface area (Å²) in [6, 6.07) is 1.24. The number of carbonyl (C=O) groups is 1. The van der Waals surface area contributed by atoms with Crippen LogP contribution in [0.5, 0.6) is 5.75 Å². The molecule has 8 nitrogen and oxygen atoms in total. The maximum absolute atomic E-state index is 15.5. The number of rotatable bonds is 7. The number of pyridine rings is 1. The Morgan fingerprint density at radius 1 is 1.39 bits per heavy atom. The summed E-state index contributed by atoms with van der Waals surface area (Å²) in [5, 5.41) is 9.53. The van der Waals surface area contributed by atoms with Gasteiger partial charge in [0.1, 0.15) is 11.3 Å². The highest BCUT2D eigenvalue weighted by Gasteiger charge is 2.33. The van der Waals surface area contributed by atoms with Crippen molar-refractivity contribution < 1.29 is 23.8 Å². The van der Waals surface area contributed by atoms with Crippen LogP contribution in [-0.4, -0.2) is 73.6 Å². The van der Waals surface area contributed by atoms with E-state index >= 15 is 4.39 Å². The average molecular weight is 433 g/mol. The summed E-state index contributed by atoms with van der Waals surface area (Å²) in [5.41, 5.74) is -0.283. The summed E-state index contributed by atoms with van der Waals surface area (Å²) in [5.74, 6) is -1.61. The van der Waals surface area contributed by atoms with E-state index < -0.39 is 17.2 Å². The minimum Gasteiger partial charge on any atom is -0.489 e. The van der Waals surface area contributed by atoms with Crippen molar-refractivity contribution in [2.75, 3.05) is 51.8 Å². The van der Waals surface area contributed by atoms with Gasteiger partial charge in [0, 0.05) is 31.9 Å². The van der Waals surface area contributed by atoms with Gasteiger partial charge in [-0.15, -0.1) is 0 Å². The zero-order valence-electron chi connectivity index (χ0n) is 18.1. The van der Waals surface area contributed by atoms with E-state index in [9.17, 15) is 14.7 Å². The maximum Gasteiger partial charge on any atom is 0.341 e. The number of aromatic nitrogens is 1. The Bertz CT molecular complexity index is 1060. The lowest BCUT2D eigenvalue weighted by molar-refractivity contribution is 0.0244. The molecule has 1 saturated heterocycles. The Kier molecular flexibility index (Phi) is 5.90. The summed E-state index contributed by atoms with van der Waals surface area (Å²) < 4.78 is 29.0. The number of carboxylic acid groups (broad SMARTS) is 1. The lowest BCUT2D eigenvalue weighted by Gasteiger charge is -2.36. The van der Waals surface area contributed by atoms with Crippen molar-refractivity contribution in [3.63, 3.8) is 0 Å². The van der Waals surface area contributed by atoms with Gasteiger partial charge in [-0.2, -0.15) is 0 Å². The first kappa shape index (κ1) is 21.6. The Hall–Kier alpha value is -2.65. The van der Waals surface area contributed by atoms with Gasteiger partial charge in [-0.1, -0.05) is 0 Å². The zero-order chi connectivity index (χ0) is 22.3. The van der Waals surface area contributed by atoms with Crippen LogP contribution in [0.25, 0.3) is 10.9 Å². The lowest BCUT2D eigenvalue weighted by Crippen LogP contribution is -2.47. The second-order valence-corrected chi connectivity index (χ2v) is 8.38. The highest BCUT2D eigenvalue weighted by atomic mass is 19.1. The fraction of sp³-hybridized carbons (Fsp3) is 0.545. The Labute approximate surface area is 179 Å². The van der Waals surface area contributed by atoms with E-state index in [4.69, 9.17) is 9.47 Å². The monoisotopic (exact) mass is 433 g/mol. The highest BCUT2D eigenvalue weighted by molar-refractivity contribution is 5.97. The molecule has 2 aliphatic rings. The minimum atomic E-state index is -1.32. The number of hydrogen-bond donors (Lipinski definition) is 1. The highest BCUT2D eigenvalue weighted by Crippen LogP contribution is 2.44. The van der Waals surface area contributed by atoms with Gasteiger partial charge < -0.3 is 28.9 Å². The molecule has 0 amide bonds. The molecule has 1 aromatic carbocycles. The van der Waals surface area contributed by atoms with E-state index in [0.717, 1.165) is 18.9 Å². The molecule has 9 heteroatoms. The van der Waals surface area contributed by atoms with E-state index in [1.165, 1.54) is 6.20 Å². The van der Waals surface area contributed by atoms with E-state index in [1.807, 2.05) is 23.9 Å². The Morgan fingerprint density at radius 3 is 2.74 bits per heavy atom.